The van der Waals surface area contributed by atoms with Crippen molar-refractivity contribution >= 4 is 11.6 Å². The van der Waals surface area contributed by atoms with E-state index in [1.807, 2.05) is 0 Å². The fourth-order valence-electron chi connectivity index (χ4n) is 2.29. The quantitative estimate of drug-likeness (QED) is 0.692. The first-order valence-electron chi connectivity index (χ1n) is 7.92. The lowest BCUT2D eigenvalue weighted by atomic mass is 10.0. The van der Waals surface area contributed by atoms with E-state index in [0.29, 0.717) is 6.07 Å². The second kappa shape index (κ2) is 7.77. The van der Waals surface area contributed by atoms with Gasteiger partial charge in [0.1, 0.15) is 5.82 Å². The Morgan fingerprint density at radius 2 is 1.63 bits per heavy atom. The number of hydrogen-bond acceptors (Lipinski definition) is 2. The van der Waals surface area contributed by atoms with E-state index in [1.165, 1.54) is 0 Å². The number of allylic oxidation sites excluding steroid dienone is 1. The minimum atomic E-state index is -3.77. The van der Waals surface area contributed by atoms with Crippen molar-refractivity contribution in [1.29, 1.82) is 0 Å². The van der Waals surface area contributed by atoms with E-state index in [-0.39, 0.29) is 17.3 Å². The molecule has 0 unspecified atom stereocenters. The Morgan fingerprint density at radius 1 is 1.00 bits per heavy atom. The first kappa shape index (κ1) is 20.4. The summed E-state index contributed by atoms with van der Waals surface area (Å²) in [5.41, 5.74) is -2.11. The molecule has 0 heterocycles. The highest BCUT2D eigenvalue weighted by atomic mass is 19.3. The second-order valence-corrected chi connectivity index (χ2v) is 6.13. The van der Waals surface area contributed by atoms with Crippen LogP contribution < -0.4 is 10.6 Å². The van der Waals surface area contributed by atoms with Gasteiger partial charge in [-0.3, -0.25) is 4.79 Å². The fourth-order valence-corrected chi connectivity index (χ4v) is 2.29. The second-order valence-electron chi connectivity index (χ2n) is 6.13. The summed E-state index contributed by atoms with van der Waals surface area (Å²) in [7, 11) is 0. The molecule has 0 atom stereocenters. The first-order chi connectivity index (χ1) is 12.5. The van der Waals surface area contributed by atoms with Gasteiger partial charge >= 0.3 is 5.92 Å². The third-order valence-corrected chi connectivity index (χ3v) is 3.59. The van der Waals surface area contributed by atoms with Gasteiger partial charge < -0.3 is 10.6 Å². The van der Waals surface area contributed by atoms with Crippen LogP contribution in [0.3, 0.4) is 0 Å². The Balaban J connectivity index is 2.31. The summed E-state index contributed by atoms with van der Waals surface area (Å²) in [5, 5.41) is 4.65. The topological polar surface area (TPSA) is 41.1 Å². The molecule has 0 bridgehead atoms. The van der Waals surface area contributed by atoms with E-state index in [9.17, 15) is 26.7 Å². The summed E-state index contributed by atoms with van der Waals surface area (Å²) in [5.74, 6) is -8.16. The standard InChI is InChI=1S/C19H17F5N2O/c1-10(2)25-11(3)19(23,24)14-8-12(4-6-15(14)20)18(27)26-13-5-7-16(21)17(22)9-13/h4-10,25H,3H2,1-2H3,(H,26,27). The molecule has 27 heavy (non-hydrogen) atoms. The summed E-state index contributed by atoms with van der Waals surface area (Å²) in [6.45, 7) is 6.47. The predicted octanol–water partition coefficient (Wildman–Crippen LogP) is 4.96. The van der Waals surface area contributed by atoms with Gasteiger partial charge in [-0.15, -0.1) is 0 Å². The van der Waals surface area contributed by atoms with Crippen LogP contribution in [-0.4, -0.2) is 11.9 Å². The zero-order valence-corrected chi connectivity index (χ0v) is 14.5. The lowest BCUT2D eigenvalue weighted by molar-refractivity contribution is 0.0258. The Hall–Kier alpha value is -2.90. The fraction of sp³-hybridized carbons (Fsp3) is 0.211. The lowest BCUT2D eigenvalue weighted by Crippen LogP contribution is -2.32. The monoisotopic (exact) mass is 384 g/mol. The maximum absolute atomic E-state index is 14.5. The number of anilines is 1. The van der Waals surface area contributed by atoms with Crippen molar-refractivity contribution in [2.75, 3.05) is 5.32 Å². The van der Waals surface area contributed by atoms with Crippen molar-refractivity contribution in [2.45, 2.75) is 25.8 Å². The van der Waals surface area contributed by atoms with E-state index in [2.05, 4.69) is 17.2 Å². The van der Waals surface area contributed by atoms with Crippen molar-refractivity contribution < 1.29 is 26.7 Å². The summed E-state index contributed by atoms with van der Waals surface area (Å²) in [6, 6.07) is 4.71. The minimum absolute atomic E-state index is 0.0811. The molecule has 3 nitrogen and oxygen atoms in total. The zero-order chi connectivity index (χ0) is 20.4. The first-order valence-corrected chi connectivity index (χ1v) is 7.92. The summed E-state index contributed by atoms with van der Waals surface area (Å²) < 4.78 is 69.1. The van der Waals surface area contributed by atoms with Crippen LogP contribution in [0.2, 0.25) is 0 Å². The van der Waals surface area contributed by atoms with Crippen LogP contribution in [0.5, 0.6) is 0 Å². The zero-order valence-electron chi connectivity index (χ0n) is 14.5. The van der Waals surface area contributed by atoms with Crippen LogP contribution in [0.15, 0.2) is 48.7 Å². The number of nitrogens with one attached hydrogen (secondary N) is 2. The molecule has 0 aliphatic carbocycles. The highest BCUT2D eigenvalue weighted by Crippen LogP contribution is 2.36. The number of benzene rings is 2. The average molecular weight is 384 g/mol. The molecule has 0 radical (unpaired) electrons. The third-order valence-electron chi connectivity index (χ3n) is 3.59. The van der Waals surface area contributed by atoms with Crippen LogP contribution >= 0.6 is 0 Å². The van der Waals surface area contributed by atoms with Crippen molar-refractivity contribution in [2.24, 2.45) is 0 Å². The molecular weight excluding hydrogens is 367 g/mol. The molecule has 0 fully saturated rings. The average Bonchev–Trinajstić information content (AvgIpc) is 2.57. The van der Waals surface area contributed by atoms with Gasteiger partial charge in [-0.25, -0.2) is 13.2 Å². The Labute approximate surface area is 152 Å². The van der Waals surface area contributed by atoms with Crippen molar-refractivity contribution in [1.82, 2.24) is 5.32 Å². The van der Waals surface area contributed by atoms with Gasteiger partial charge in [0.05, 0.1) is 11.3 Å². The van der Waals surface area contributed by atoms with E-state index in [1.54, 1.807) is 13.8 Å². The number of amides is 1. The molecule has 2 aromatic rings. The molecule has 0 aliphatic rings. The van der Waals surface area contributed by atoms with E-state index < -0.39 is 40.5 Å². The third kappa shape index (κ3) is 4.64. The molecule has 8 heteroatoms. The van der Waals surface area contributed by atoms with Crippen LogP contribution in [0.1, 0.15) is 29.8 Å². The molecule has 2 N–H and O–H groups in total. The van der Waals surface area contributed by atoms with Crippen molar-refractivity contribution in [3.8, 4) is 0 Å². The van der Waals surface area contributed by atoms with Gasteiger partial charge in [0.25, 0.3) is 5.91 Å². The largest absolute Gasteiger partial charge is 0.381 e. The minimum Gasteiger partial charge on any atom is -0.381 e. The van der Waals surface area contributed by atoms with E-state index in [4.69, 9.17) is 0 Å². The SMILES string of the molecule is C=C(NC(C)C)C(F)(F)c1cc(C(=O)Nc2ccc(F)c(F)c2)ccc1F. The summed E-state index contributed by atoms with van der Waals surface area (Å²) in [4.78, 5) is 12.2. The maximum Gasteiger partial charge on any atom is 0.314 e. The number of alkyl halides is 2. The number of rotatable bonds is 6. The predicted molar refractivity (Wildman–Crippen MR) is 92.0 cm³/mol. The number of hydrogen-bond donors (Lipinski definition) is 2. The molecule has 1 amide bonds. The summed E-state index contributed by atoms with van der Waals surface area (Å²) >= 11 is 0. The molecular formula is C19H17F5N2O. The number of halogens is 5. The van der Waals surface area contributed by atoms with Gasteiger partial charge in [0.2, 0.25) is 0 Å². The number of carbonyl (C=O) groups excluding carboxylic acids is 1. The smallest absolute Gasteiger partial charge is 0.314 e. The van der Waals surface area contributed by atoms with Gasteiger partial charge in [0, 0.05) is 23.4 Å². The maximum atomic E-state index is 14.5. The molecule has 0 saturated heterocycles. The van der Waals surface area contributed by atoms with Gasteiger partial charge in [0.15, 0.2) is 11.6 Å². The van der Waals surface area contributed by atoms with Crippen molar-refractivity contribution in [3.63, 3.8) is 0 Å². The molecule has 2 aromatic carbocycles. The molecule has 144 valence electrons. The summed E-state index contributed by atoms with van der Waals surface area (Å²) in [6.07, 6.45) is 0. The highest BCUT2D eigenvalue weighted by Gasteiger charge is 2.39. The Bertz CT molecular complexity index is 880. The van der Waals surface area contributed by atoms with Crippen molar-refractivity contribution in [3.05, 3.63) is 77.3 Å². The molecule has 2 rings (SSSR count). The van der Waals surface area contributed by atoms with Crippen LogP contribution in [-0.2, 0) is 5.92 Å². The molecule has 0 saturated carbocycles. The van der Waals surface area contributed by atoms with Gasteiger partial charge in [-0.1, -0.05) is 6.58 Å². The normalized spacial score (nSPS) is 11.4. The van der Waals surface area contributed by atoms with Gasteiger partial charge in [-0.2, -0.15) is 8.78 Å². The van der Waals surface area contributed by atoms with Crippen LogP contribution in [0, 0.1) is 17.5 Å². The Morgan fingerprint density at radius 3 is 2.22 bits per heavy atom. The van der Waals surface area contributed by atoms with Gasteiger partial charge in [-0.05, 0) is 44.2 Å². The highest BCUT2D eigenvalue weighted by molar-refractivity contribution is 6.04. The van der Waals surface area contributed by atoms with E-state index in [0.717, 1.165) is 30.3 Å². The number of carbonyl (C=O) groups is 1. The molecule has 0 aromatic heterocycles. The lowest BCUT2D eigenvalue weighted by Gasteiger charge is -2.23. The van der Waals surface area contributed by atoms with E-state index >= 15 is 0 Å². The van der Waals surface area contributed by atoms with Crippen LogP contribution in [0.25, 0.3) is 0 Å². The van der Waals surface area contributed by atoms with Crippen LogP contribution in [0.4, 0.5) is 27.6 Å². The molecule has 0 spiro atoms. The Kier molecular flexibility index (Phi) is 5.88. The molecule has 0 aliphatic heterocycles.